The van der Waals surface area contributed by atoms with Crippen LogP contribution in [0.3, 0.4) is 0 Å². The van der Waals surface area contributed by atoms with Crippen molar-refractivity contribution in [1.82, 2.24) is 0 Å². The molecule has 1 aliphatic carbocycles. The summed E-state index contributed by atoms with van der Waals surface area (Å²) in [5.41, 5.74) is 3.28. The van der Waals surface area contributed by atoms with E-state index >= 15 is 0 Å². The van der Waals surface area contributed by atoms with E-state index in [4.69, 9.17) is 4.74 Å². The van der Waals surface area contributed by atoms with Crippen molar-refractivity contribution in [2.24, 2.45) is 0 Å². The fourth-order valence-electron chi connectivity index (χ4n) is 2.76. The average Bonchev–Trinajstić information content (AvgIpc) is 2.45. The van der Waals surface area contributed by atoms with Gasteiger partial charge in [-0.05, 0) is 53.6 Å². The minimum absolute atomic E-state index is 0.269. The number of rotatable bonds is 4. The number of methoxy groups -OCH3 is 1. The molecule has 0 radical (unpaired) electrons. The second kappa shape index (κ2) is 5.60. The Morgan fingerprint density at radius 2 is 1.86 bits per heavy atom. The molecule has 0 unspecified atom stereocenters. The van der Waals surface area contributed by atoms with Crippen molar-refractivity contribution in [3.05, 3.63) is 53.6 Å². The number of ether oxygens (including phenoxy) is 1. The van der Waals surface area contributed by atoms with Gasteiger partial charge in [0.25, 0.3) is 0 Å². The fourth-order valence-corrected chi connectivity index (χ4v) is 2.76. The van der Waals surface area contributed by atoms with Crippen LogP contribution in [0.5, 0.6) is 5.75 Å². The molecule has 2 aromatic rings. The molecule has 21 heavy (non-hydrogen) atoms. The standard InChI is InChI=1S/C18H18O3/c1-21-15-9-10-16(17(11-15)18(19)20)14-7-5-13(6-8-14)12-3-2-4-12/h5-12H,2-4H2,1H3,(H,19,20). The lowest BCUT2D eigenvalue weighted by atomic mass is 9.80. The molecule has 0 aliphatic heterocycles. The Bertz CT molecular complexity index is 655. The van der Waals surface area contributed by atoms with Crippen LogP contribution in [-0.4, -0.2) is 18.2 Å². The number of hydrogen-bond donors (Lipinski definition) is 1. The van der Waals surface area contributed by atoms with E-state index in [1.54, 1.807) is 18.2 Å². The Morgan fingerprint density at radius 1 is 1.14 bits per heavy atom. The zero-order valence-corrected chi connectivity index (χ0v) is 12.0. The van der Waals surface area contributed by atoms with Crippen LogP contribution < -0.4 is 4.74 Å². The summed E-state index contributed by atoms with van der Waals surface area (Å²) in [7, 11) is 1.54. The maximum Gasteiger partial charge on any atom is 0.336 e. The van der Waals surface area contributed by atoms with Gasteiger partial charge in [-0.25, -0.2) is 4.79 Å². The molecule has 0 spiro atoms. The van der Waals surface area contributed by atoms with Gasteiger partial charge in [-0.1, -0.05) is 30.7 Å². The van der Waals surface area contributed by atoms with Crippen molar-refractivity contribution < 1.29 is 14.6 Å². The van der Waals surface area contributed by atoms with Crippen molar-refractivity contribution in [3.8, 4) is 16.9 Å². The van der Waals surface area contributed by atoms with Crippen molar-refractivity contribution in [2.45, 2.75) is 25.2 Å². The average molecular weight is 282 g/mol. The molecule has 0 aromatic heterocycles. The summed E-state index contributed by atoms with van der Waals surface area (Å²) >= 11 is 0. The van der Waals surface area contributed by atoms with Gasteiger partial charge < -0.3 is 9.84 Å². The van der Waals surface area contributed by atoms with E-state index < -0.39 is 5.97 Å². The Morgan fingerprint density at radius 3 is 2.38 bits per heavy atom. The molecule has 1 fully saturated rings. The van der Waals surface area contributed by atoms with Gasteiger partial charge in [0.15, 0.2) is 0 Å². The zero-order valence-electron chi connectivity index (χ0n) is 12.0. The van der Waals surface area contributed by atoms with E-state index in [-0.39, 0.29) is 5.56 Å². The van der Waals surface area contributed by atoms with Crippen molar-refractivity contribution in [2.75, 3.05) is 7.11 Å². The molecule has 0 saturated heterocycles. The van der Waals surface area contributed by atoms with Crippen LogP contribution in [0.2, 0.25) is 0 Å². The monoisotopic (exact) mass is 282 g/mol. The number of carboxylic acids is 1. The van der Waals surface area contributed by atoms with Crippen LogP contribution in [0.1, 0.15) is 41.1 Å². The van der Waals surface area contributed by atoms with Crippen LogP contribution >= 0.6 is 0 Å². The number of hydrogen-bond acceptors (Lipinski definition) is 2. The molecule has 1 saturated carbocycles. The maximum absolute atomic E-state index is 11.4. The van der Waals surface area contributed by atoms with E-state index in [2.05, 4.69) is 12.1 Å². The third-order valence-electron chi connectivity index (χ3n) is 4.26. The molecule has 0 atom stereocenters. The summed E-state index contributed by atoms with van der Waals surface area (Å²) in [6.45, 7) is 0. The predicted octanol–water partition coefficient (Wildman–Crippen LogP) is 4.33. The van der Waals surface area contributed by atoms with E-state index in [1.807, 2.05) is 12.1 Å². The lowest BCUT2D eigenvalue weighted by Gasteiger charge is -2.25. The highest BCUT2D eigenvalue weighted by Crippen LogP contribution is 2.37. The Labute approximate surface area is 124 Å². The second-order valence-electron chi connectivity index (χ2n) is 5.47. The van der Waals surface area contributed by atoms with Crippen LogP contribution in [-0.2, 0) is 0 Å². The van der Waals surface area contributed by atoms with E-state index in [9.17, 15) is 9.90 Å². The largest absolute Gasteiger partial charge is 0.497 e. The normalized spacial score (nSPS) is 14.5. The third kappa shape index (κ3) is 2.64. The van der Waals surface area contributed by atoms with Crippen molar-refractivity contribution >= 4 is 5.97 Å². The highest BCUT2D eigenvalue weighted by molar-refractivity contribution is 5.96. The summed E-state index contributed by atoms with van der Waals surface area (Å²) in [5, 5.41) is 9.38. The molecule has 1 aliphatic rings. The van der Waals surface area contributed by atoms with Crippen LogP contribution in [0.25, 0.3) is 11.1 Å². The van der Waals surface area contributed by atoms with E-state index in [0.29, 0.717) is 11.7 Å². The molecule has 3 heteroatoms. The highest BCUT2D eigenvalue weighted by atomic mass is 16.5. The molecule has 3 nitrogen and oxygen atoms in total. The van der Waals surface area contributed by atoms with Gasteiger partial charge in [0.2, 0.25) is 0 Å². The lowest BCUT2D eigenvalue weighted by Crippen LogP contribution is -2.08. The van der Waals surface area contributed by atoms with Crippen molar-refractivity contribution in [1.29, 1.82) is 0 Å². The first-order chi connectivity index (χ1) is 10.2. The van der Waals surface area contributed by atoms with Crippen molar-refractivity contribution in [3.63, 3.8) is 0 Å². The first-order valence-corrected chi connectivity index (χ1v) is 7.20. The van der Waals surface area contributed by atoms with Crippen LogP contribution in [0, 0.1) is 0 Å². The first kappa shape index (κ1) is 13.7. The molecule has 0 amide bonds. The molecular weight excluding hydrogens is 264 g/mol. The maximum atomic E-state index is 11.4. The van der Waals surface area contributed by atoms with Crippen LogP contribution in [0.15, 0.2) is 42.5 Å². The van der Waals surface area contributed by atoms with Gasteiger partial charge in [0.1, 0.15) is 5.75 Å². The van der Waals surface area contributed by atoms with Gasteiger partial charge in [-0.2, -0.15) is 0 Å². The zero-order chi connectivity index (χ0) is 14.8. The predicted molar refractivity (Wildman–Crippen MR) is 82.0 cm³/mol. The molecule has 108 valence electrons. The number of aromatic carboxylic acids is 1. The highest BCUT2D eigenvalue weighted by Gasteiger charge is 2.19. The second-order valence-corrected chi connectivity index (χ2v) is 5.47. The minimum atomic E-state index is -0.938. The summed E-state index contributed by atoms with van der Waals surface area (Å²) < 4.78 is 5.11. The topological polar surface area (TPSA) is 46.5 Å². The molecular formula is C18H18O3. The van der Waals surface area contributed by atoms with Gasteiger partial charge in [0.05, 0.1) is 12.7 Å². The first-order valence-electron chi connectivity index (χ1n) is 7.20. The van der Waals surface area contributed by atoms with Gasteiger partial charge >= 0.3 is 5.97 Å². The molecule has 0 heterocycles. The number of carbonyl (C=O) groups is 1. The molecule has 0 bridgehead atoms. The van der Waals surface area contributed by atoms with Gasteiger partial charge in [0, 0.05) is 0 Å². The fraction of sp³-hybridized carbons (Fsp3) is 0.278. The molecule has 3 rings (SSSR count). The Hall–Kier alpha value is -2.29. The Kier molecular flexibility index (Phi) is 3.65. The minimum Gasteiger partial charge on any atom is -0.497 e. The third-order valence-corrected chi connectivity index (χ3v) is 4.26. The smallest absolute Gasteiger partial charge is 0.336 e. The van der Waals surface area contributed by atoms with E-state index in [0.717, 1.165) is 11.1 Å². The SMILES string of the molecule is COc1ccc(-c2ccc(C3CCC3)cc2)c(C(=O)O)c1. The van der Waals surface area contributed by atoms with Gasteiger partial charge in [-0.15, -0.1) is 0 Å². The molecule has 1 N–H and O–H groups in total. The number of benzene rings is 2. The van der Waals surface area contributed by atoms with Crippen LogP contribution in [0.4, 0.5) is 0 Å². The summed E-state index contributed by atoms with van der Waals surface area (Å²) in [4.78, 5) is 11.4. The summed E-state index contributed by atoms with van der Waals surface area (Å²) in [5.74, 6) is 0.308. The summed E-state index contributed by atoms with van der Waals surface area (Å²) in [6, 6.07) is 13.4. The number of carboxylic acid groups (broad SMARTS) is 1. The molecule has 2 aromatic carbocycles. The van der Waals surface area contributed by atoms with Gasteiger partial charge in [-0.3, -0.25) is 0 Å². The summed E-state index contributed by atoms with van der Waals surface area (Å²) in [6.07, 6.45) is 3.85. The quantitative estimate of drug-likeness (QED) is 0.908. The Balaban J connectivity index is 1.97. The lowest BCUT2D eigenvalue weighted by molar-refractivity contribution is 0.0697. The van der Waals surface area contributed by atoms with E-state index in [1.165, 1.54) is 31.9 Å².